The molecule has 4 aromatic rings. The summed E-state index contributed by atoms with van der Waals surface area (Å²) < 4.78 is 31.8. The van der Waals surface area contributed by atoms with Crippen molar-refractivity contribution in [1.82, 2.24) is 4.57 Å². The second-order valence-corrected chi connectivity index (χ2v) is 7.90. The summed E-state index contributed by atoms with van der Waals surface area (Å²) in [5, 5.41) is 16.7. The summed E-state index contributed by atoms with van der Waals surface area (Å²) in [7, 11) is 0. The first kappa shape index (κ1) is 22.4. The predicted molar refractivity (Wildman–Crippen MR) is 125 cm³/mol. The van der Waals surface area contributed by atoms with Crippen LogP contribution in [0.1, 0.15) is 11.1 Å². The van der Waals surface area contributed by atoms with Gasteiger partial charge in [0, 0.05) is 22.2 Å². The maximum Gasteiger partial charge on any atom is 0.262 e. The lowest BCUT2D eigenvalue weighted by molar-refractivity contribution is -0.118. The Morgan fingerprint density at radius 1 is 1.17 bits per heavy atom. The summed E-state index contributed by atoms with van der Waals surface area (Å²) in [6.45, 7) is 0.0506. The van der Waals surface area contributed by atoms with Crippen LogP contribution in [0.2, 0.25) is 0 Å². The van der Waals surface area contributed by atoms with E-state index in [0.29, 0.717) is 39.2 Å². The molecule has 0 radical (unpaired) electrons. The first-order valence-electron chi connectivity index (χ1n) is 10.7. The number of carbonyl (C=O) groups excluding carboxylic acids is 1. The average molecular weight is 477 g/mol. The molecule has 35 heavy (non-hydrogen) atoms. The van der Waals surface area contributed by atoms with Gasteiger partial charge in [0.05, 0.1) is 18.7 Å². The third-order valence-corrected chi connectivity index (χ3v) is 5.58. The number of hydrogen-bond acceptors (Lipinski definition) is 7. The van der Waals surface area contributed by atoms with E-state index in [0.717, 1.165) is 0 Å². The van der Waals surface area contributed by atoms with Crippen molar-refractivity contribution in [3.8, 4) is 17.4 Å². The van der Waals surface area contributed by atoms with Crippen molar-refractivity contribution in [1.29, 1.82) is 0 Å². The minimum atomic E-state index is -0.472. The normalized spacial score (nSPS) is 12.6. The molecule has 1 aliphatic rings. The Hall–Kier alpha value is -4.44. The standard InChI is InChI=1S/C25H20FN3O6/c26-17-8-15(24-16(9-17)12-33-14-35-24)11-29-21-7-6-18(10-20(21)23(28-32)25(29)31)27-22(30)13-34-19-4-2-1-3-5-19/h1-10,31H,11-14H2,(H,27,30). The number of benzene rings is 3. The van der Waals surface area contributed by atoms with Crippen LogP contribution < -0.4 is 14.8 Å². The van der Waals surface area contributed by atoms with Crippen molar-refractivity contribution in [3.05, 3.63) is 82.5 Å². The van der Waals surface area contributed by atoms with Crippen molar-refractivity contribution < 1.29 is 28.5 Å². The maximum atomic E-state index is 14.2. The summed E-state index contributed by atoms with van der Waals surface area (Å²) in [6.07, 6.45) is 0. The quantitative estimate of drug-likeness (QED) is 0.369. The predicted octanol–water partition coefficient (Wildman–Crippen LogP) is 4.82. The molecule has 1 aromatic heterocycles. The van der Waals surface area contributed by atoms with Gasteiger partial charge in [-0.2, -0.15) is 0 Å². The van der Waals surface area contributed by atoms with E-state index in [1.165, 1.54) is 22.8 Å². The zero-order valence-corrected chi connectivity index (χ0v) is 18.4. The number of aromatic hydroxyl groups is 1. The fourth-order valence-corrected chi connectivity index (χ4v) is 4.06. The monoisotopic (exact) mass is 477 g/mol. The summed E-state index contributed by atoms with van der Waals surface area (Å²) in [5.41, 5.74) is 1.71. The lowest BCUT2D eigenvalue weighted by atomic mass is 10.1. The molecule has 5 rings (SSSR count). The number of fused-ring (bicyclic) bond motifs is 2. The van der Waals surface area contributed by atoms with Crippen LogP contribution in [0.5, 0.6) is 17.4 Å². The summed E-state index contributed by atoms with van der Waals surface area (Å²) >= 11 is 0. The minimum absolute atomic E-state index is 0.0224. The van der Waals surface area contributed by atoms with E-state index in [1.807, 2.05) is 6.07 Å². The highest BCUT2D eigenvalue weighted by atomic mass is 19.1. The number of rotatable bonds is 7. The molecule has 0 atom stereocenters. The molecule has 0 saturated heterocycles. The van der Waals surface area contributed by atoms with Crippen LogP contribution in [-0.2, 0) is 22.7 Å². The van der Waals surface area contributed by atoms with Crippen molar-refractivity contribution in [2.24, 2.45) is 5.18 Å². The number of amides is 1. The van der Waals surface area contributed by atoms with Gasteiger partial charge >= 0.3 is 0 Å². The summed E-state index contributed by atoms with van der Waals surface area (Å²) in [4.78, 5) is 23.9. The second kappa shape index (κ2) is 9.43. The molecule has 3 aromatic carbocycles. The number of anilines is 1. The third kappa shape index (κ3) is 4.51. The highest BCUT2D eigenvalue weighted by molar-refractivity contribution is 6.00. The molecule has 2 heterocycles. The summed E-state index contributed by atoms with van der Waals surface area (Å²) in [5.74, 6) is -0.219. The SMILES string of the molecule is O=Nc1c(O)n(Cc2cc(F)cc3c2OCOC3)c2ccc(NC(=O)COc3ccccc3)cc12. The molecule has 0 bridgehead atoms. The number of aromatic nitrogens is 1. The van der Waals surface area contributed by atoms with Crippen LogP contribution in [0.3, 0.4) is 0 Å². The smallest absolute Gasteiger partial charge is 0.262 e. The first-order valence-corrected chi connectivity index (χ1v) is 10.7. The number of ether oxygens (including phenoxy) is 3. The topological polar surface area (TPSA) is 111 Å². The van der Waals surface area contributed by atoms with Gasteiger partial charge in [-0.15, -0.1) is 4.91 Å². The molecule has 0 spiro atoms. The number of carbonyl (C=O) groups is 1. The minimum Gasteiger partial charge on any atom is -0.493 e. The zero-order chi connectivity index (χ0) is 24.4. The second-order valence-electron chi connectivity index (χ2n) is 7.90. The Bertz CT molecular complexity index is 1420. The fraction of sp³-hybridized carbons (Fsp3) is 0.160. The van der Waals surface area contributed by atoms with Crippen molar-refractivity contribution in [2.45, 2.75) is 13.2 Å². The number of nitrogens with zero attached hydrogens (tertiary/aromatic N) is 2. The molecule has 0 unspecified atom stereocenters. The Kier molecular flexibility index (Phi) is 6.02. The van der Waals surface area contributed by atoms with E-state index in [1.54, 1.807) is 36.4 Å². The van der Waals surface area contributed by atoms with Crippen molar-refractivity contribution in [3.63, 3.8) is 0 Å². The van der Waals surface area contributed by atoms with Gasteiger partial charge < -0.3 is 29.2 Å². The Labute approximate surface area is 198 Å². The molecular weight excluding hydrogens is 457 g/mol. The maximum absolute atomic E-state index is 14.2. The van der Waals surface area contributed by atoms with Gasteiger partial charge in [-0.25, -0.2) is 4.39 Å². The van der Waals surface area contributed by atoms with Crippen LogP contribution >= 0.6 is 0 Å². The van der Waals surface area contributed by atoms with Crippen LogP contribution in [-0.4, -0.2) is 29.0 Å². The Morgan fingerprint density at radius 3 is 2.80 bits per heavy atom. The van der Waals surface area contributed by atoms with E-state index in [2.05, 4.69) is 10.5 Å². The van der Waals surface area contributed by atoms with Crippen LogP contribution in [0.15, 0.2) is 65.8 Å². The molecular formula is C25H20FN3O6. The average Bonchev–Trinajstić information content (AvgIpc) is 3.13. The van der Waals surface area contributed by atoms with E-state index >= 15 is 0 Å². The van der Waals surface area contributed by atoms with E-state index < -0.39 is 11.7 Å². The van der Waals surface area contributed by atoms with Gasteiger partial charge in [-0.3, -0.25) is 4.79 Å². The van der Waals surface area contributed by atoms with Crippen LogP contribution in [0, 0.1) is 10.7 Å². The molecule has 1 amide bonds. The molecule has 10 heteroatoms. The molecule has 2 N–H and O–H groups in total. The number of nitrogens with one attached hydrogen (secondary N) is 1. The molecule has 0 fully saturated rings. The molecule has 0 aliphatic carbocycles. The number of nitroso groups, excluding NO2 is 1. The summed E-state index contributed by atoms with van der Waals surface area (Å²) in [6, 6.07) is 16.3. The highest BCUT2D eigenvalue weighted by Gasteiger charge is 2.22. The number of para-hydroxylation sites is 1. The van der Waals surface area contributed by atoms with E-state index in [4.69, 9.17) is 14.2 Å². The largest absolute Gasteiger partial charge is 0.493 e. The van der Waals surface area contributed by atoms with E-state index in [9.17, 15) is 19.2 Å². The third-order valence-electron chi connectivity index (χ3n) is 5.58. The van der Waals surface area contributed by atoms with Gasteiger partial charge in [-0.1, -0.05) is 18.2 Å². The fourth-order valence-electron chi connectivity index (χ4n) is 4.06. The van der Waals surface area contributed by atoms with Crippen LogP contribution in [0.25, 0.3) is 10.9 Å². The van der Waals surface area contributed by atoms with E-state index in [-0.39, 0.29) is 38.1 Å². The van der Waals surface area contributed by atoms with Gasteiger partial charge in [0.2, 0.25) is 5.88 Å². The Balaban J connectivity index is 1.42. The number of halogens is 1. The van der Waals surface area contributed by atoms with Gasteiger partial charge in [0.25, 0.3) is 5.91 Å². The Morgan fingerprint density at radius 2 is 2.00 bits per heavy atom. The molecule has 1 aliphatic heterocycles. The molecule has 0 saturated carbocycles. The highest BCUT2D eigenvalue weighted by Crippen LogP contribution is 2.41. The zero-order valence-electron chi connectivity index (χ0n) is 18.4. The lowest BCUT2D eigenvalue weighted by Crippen LogP contribution is -2.20. The molecule has 178 valence electrons. The van der Waals surface area contributed by atoms with Gasteiger partial charge in [-0.05, 0) is 47.6 Å². The van der Waals surface area contributed by atoms with Crippen molar-refractivity contribution >= 4 is 28.2 Å². The lowest BCUT2D eigenvalue weighted by Gasteiger charge is -2.21. The molecule has 9 nitrogen and oxygen atoms in total. The first-order chi connectivity index (χ1) is 17.0. The van der Waals surface area contributed by atoms with Gasteiger partial charge in [0.15, 0.2) is 19.1 Å². The van der Waals surface area contributed by atoms with Crippen LogP contribution in [0.4, 0.5) is 15.8 Å². The number of hydrogen-bond donors (Lipinski definition) is 2. The van der Waals surface area contributed by atoms with Crippen molar-refractivity contribution in [2.75, 3.05) is 18.7 Å². The van der Waals surface area contributed by atoms with Gasteiger partial charge in [0.1, 0.15) is 17.3 Å².